The molecule has 1 saturated heterocycles. The fourth-order valence-electron chi connectivity index (χ4n) is 3.78. The van der Waals surface area contributed by atoms with Crippen molar-refractivity contribution in [1.82, 2.24) is 10.3 Å². The average Bonchev–Trinajstić information content (AvgIpc) is 3.13. The highest BCUT2D eigenvalue weighted by Crippen LogP contribution is 2.41. The molecule has 2 aromatic carbocycles. The van der Waals surface area contributed by atoms with Gasteiger partial charge in [-0.25, -0.2) is 4.63 Å². The number of nitro benzene ring substituents is 1. The maximum atomic E-state index is 11.8. The molecule has 28 heavy (non-hydrogen) atoms. The molecule has 1 aliphatic heterocycles. The number of benzene rings is 2. The van der Waals surface area contributed by atoms with Gasteiger partial charge in [0.2, 0.25) is 5.52 Å². The summed E-state index contributed by atoms with van der Waals surface area (Å²) >= 11 is 0. The van der Waals surface area contributed by atoms with Gasteiger partial charge in [0.1, 0.15) is 5.69 Å². The lowest BCUT2D eigenvalue weighted by molar-refractivity contribution is -0.382. The number of nitrogens with one attached hydrogen (secondary N) is 1. The van der Waals surface area contributed by atoms with Crippen molar-refractivity contribution in [2.24, 2.45) is 5.92 Å². The van der Waals surface area contributed by atoms with Crippen molar-refractivity contribution in [2.75, 3.05) is 23.3 Å². The Morgan fingerprint density at radius 3 is 2.54 bits per heavy atom. The predicted octanol–water partition coefficient (Wildman–Crippen LogP) is 4.73. The zero-order chi connectivity index (χ0) is 19.8. The first-order chi connectivity index (χ1) is 13.4. The molecule has 0 saturated carbocycles. The lowest BCUT2D eigenvalue weighted by Gasteiger charge is -2.32. The van der Waals surface area contributed by atoms with Crippen LogP contribution in [0.4, 0.5) is 22.7 Å². The summed E-state index contributed by atoms with van der Waals surface area (Å²) in [6.45, 7) is 7.99. The minimum absolute atomic E-state index is 0.120. The molecule has 0 atom stereocenters. The number of piperidine rings is 1. The van der Waals surface area contributed by atoms with Crippen molar-refractivity contribution in [3.8, 4) is 0 Å². The van der Waals surface area contributed by atoms with Crippen LogP contribution in [0.2, 0.25) is 0 Å². The molecular weight excluding hydrogens is 358 g/mol. The van der Waals surface area contributed by atoms with Gasteiger partial charge in [-0.15, -0.1) is 0 Å². The molecule has 8 heteroatoms. The Morgan fingerprint density at radius 2 is 1.86 bits per heavy atom. The van der Waals surface area contributed by atoms with E-state index in [9.17, 15) is 10.1 Å². The number of fused-ring (bicyclic) bond motifs is 1. The zero-order valence-electron chi connectivity index (χ0n) is 16.2. The Balaban J connectivity index is 1.84. The van der Waals surface area contributed by atoms with E-state index in [0.717, 1.165) is 48.4 Å². The molecule has 0 aliphatic carbocycles. The monoisotopic (exact) mass is 381 g/mol. The molecule has 0 bridgehead atoms. The van der Waals surface area contributed by atoms with E-state index in [4.69, 9.17) is 4.63 Å². The summed E-state index contributed by atoms with van der Waals surface area (Å²) in [6.07, 6.45) is 2.15. The minimum atomic E-state index is -0.430. The third-order valence-corrected chi connectivity index (χ3v) is 5.45. The van der Waals surface area contributed by atoms with Crippen molar-refractivity contribution < 1.29 is 9.55 Å². The molecule has 2 heterocycles. The van der Waals surface area contributed by atoms with Gasteiger partial charge < -0.3 is 10.2 Å². The van der Waals surface area contributed by atoms with E-state index in [2.05, 4.69) is 27.5 Å². The van der Waals surface area contributed by atoms with E-state index in [0.29, 0.717) is 17.1 Å². The molecule has 0 amide bonds. The summed E-state index contributed by atoms with van der Waals surface area (Å²) in [4.78, 5) is 13.6. The van der Waals surface area contributed by atoms with Gasteiger partial charge in [-0.3, -0.25) is 10.1 Å². The standard InChI is InChI=1S/C20H23N5O3/c1-12-6-8-24(9-7-12)17-11-16(21-15-5-4-13(2)10-14(15)3)20(25(26)27)19-18(17)22-28-23-19/h4-5,10-12,21H,6-9H2,1-3H3. The van der Waals surface area contributed by atoms with Crippen LogP contribution in [0.15, 0.2) is 28.9 Å². The number of anilines is 3. The van der Waals surface area contributed by atoms with Crippen LogP contribution in [0, 0.1) is 29.9 Å². The van der Waals surface area contributed by atoms with Crippen LogP contribution < -0.4 is 10.2 Å². The smallest absolute Gasteiger partial charge is 0.324 e. The molecular formula is C20H23N5O3. The molecule has 1 N–H and O–H groups in total. The Hall–Kier alpha value is -3.16. The molecule has 3 aromatic rings. The summed E-state index contributed by atoms with van der Waals surface area (Å²) in [6, 6.07) is 7.75. The molecule has 1 aliphatic rings. The topological polar surface area (TPSA) is 97.3 Å². The maximum Gasteiger partial charge on any atom is 0.324 e. The van der Waals surface area contributed by atoms with Crippen LogP contribution in [0.3, 0.4) is 0 Å². The largest absolute Gasteiger partial charge is 0.370 e. The maximum absolute atomic E-state index is 11.8. The van der Waals surface area contributed by atoms with Crippen LogP contribution in [0.5, 0.6) is 0 Å². The van der Waals surface area contributed by atoms with Crippen LogP contribution in [0.25, 0.3) is 11.0 Å². The second kappa shape index (κ2) is 7.10. The van der Waals surface area contributed by atoms with Crippen LogP contribution in [-0.4, -0.2) is 28.3 Å². The van der Waals surface area contributed by atoms with Gasteiger partial charge in [-0.05, 0) is 60.6 Å². The number of hydrogen-bond donors (Lipinski definition) is 1. The summed E-state index contributed by atoms with van der Waals surface area (Å²) in [5, 5.41) is 22.9. The number of nitrogens with zero attached hydrogens (tertiary/aromatic N) is 4. The van der Waals surface area contributed by atoms with Gasteiger partial charge in [0.25, 0.3) is 0 Å². The Labute approximate surface area is 162 Å². The Morgan fingerprint density at radius 1 is 1.14 bits per heavy atom. The van der Waals surface area contributed by atoms with Crippen molar-refractivity contribution in [3.05, 3.63) is 45.5 Å². The molecule has 0 radical (unpaired) electrons. The van der Waals surface area contributed by atoms with Gasteiger partial charge in [0, 0.05) is 18.8 Å². The van der Waals surface area contributed by atoms with Crippen LogP contribution in [0.1, 0.15) is 30.9 Å². The zero-order valence-corrected chi connectivity index (χ0v) is 16.2. The SMILES string of the molecule is Cc1ccc(Nc2cc(N3CCC(C)CC3)c3nonc3c2[N+](=O)[O-])c(C)c1. The van der Waals surface area contributed by atoms with E-state index in [1.165, 1.54) is 0 Å². The summed E-state index contributed by atoms with van der Waals surface area (Å²) < 4.78 is 4.89. The second-order valence-electron chi connectivity index (χ2n) is 7.62. The van der Waals surface area contributed by atoms with E-state index in [-0.39, 0.29) is 11.2 Å². The van der Waals surface area contributed by atoms with E-state index in [1.54, 1.807) is 6.07 Å². The third-order valence-electron chi connectivity index (χ3n) is 5.45. The fraction of sp³-hybridized carbons (Fsp3) is 0.400. The summed E-state index contributed by atoms with van der Waals surface area (Å²) in [5.74, 6) is 0.674. The van der Waals surface area contributed by atoms with Crippen LogP contribution >= 0.6 is 0 Å². The van der Waals surface area contributed by atoms with Gasteiger partial charge in [0.05, 0.1) is 10.6 Å². The quantitative estimate of drug-likeness (QED) is 0.515. The first-order valence-corrected chi connectivity index (χ1v) is 9.47. The lowest BCUT2D eigenvalue weighted by atomic mass is 9.98. The van der Waals surface area contributed by atoms with Crippen molar-refractivity contribution in [3.63, 3.8) is 0 Å². The van der Waals surface area contributed by atoms with Gasteiger partial charge in [-0.2, -0.15) is 0 Å². The number of nitro groups is 1. The fourth-order valence-corrected chi connectivity index (χ4v) is 3.78. The number of aryl methyl sites for hydroxylation is 2. The number of hydrogen-bond acceptors (Lipinski definition) is 7. The van der Waals surface area contributed by atoms with Gasteiger partial charge in [0.15, 0.2) is 5.52 Å². The molecule has 8 nitrogen and oxygen atoms in total. The molecule has 0 spiro atoms. The third kappa shape index (κ3) is 3.26. The Kier molecular flexibility index (Phi) is 4.62. The molecule has 1 fully saturated rings. The van der Waals surface area contributed by atoms with Crippen LogP contribution in [-0.2, 0) is 0 Å². The van der Waals surface area contributed by atoms with Crippen molar-refractivity contribution in [2.45, 2.75) is 33.6 Å². The lowest BCUT2D eigenvalue weighted by Crippen LogP contribution is -2.33. The highest BCUT2D eigenvalue weighted by Gasteiger charge is 2.29. The Bertz CT molecular complexity index is 1040. The molecule has 1 aromatic heterocycles. The normalized spacial score (nSPS) is 15.2. The molecule has 0 unspecified atom stereocenters. The van der Waals surface area contributed by atoms with Crippen molar-refractivity contribution >= 4 is 33.8 Å². The highest BCUT2D eigenvalue weighted by molar-refractivity contribution is 6.00. The molecule has 146 valence electrons. The van der Waals surface area contributed by atoms with E-state index < -0.39 is 4.92 Å². The molecule has 4 rings (SSSR count). The minimum Gasteiger partial charge on any atom is -0.370 e. The summed E-state index contributed by atoms with van der Waals surface area (Å²) in [7, 11) is 0. The van der Waals surface area contributed by atoms with Crippen molar-refractivity contribution in [1.29, 1.82) is 0 Å². The number of rotatable bonds is 4. The highest BCUT2D eigenvalue weighted by atomic mass is 16.6. The first kappa shape index (κ1) is 18.2. The average molecular weight is 381 g/mol. The summed E-state index contributed by atoms with van der Waals surface area (Å²) in [5.41, 5.74) is 4.68. The van der Waals surface area contributed by atoms with Gasteiger partial charge >= 0.3 is 5.69 Å². The first-order valence-electron chi connectivity index (χ1n) is 9.47. The number of aromatic nitrogens is 2. The predicted molar refractivity (Wildman–Crippen MR) is 108 cm³/mol. The second-order valence-corrected chi connectivity index (χ2v) is 7.62. The van der Waals surface area contributed by atoms with Gasteiger partial charge in [-0.1, -0.05) is 24.6 Å². The van der Waals surface area contributed by atoms with E-state index in [1.807, 2.05) is 32.0 Å². The van der Waals surface area contributed by atoms with E-state index >= 15 is 0 Å².